The van der Waals surface area contributed by atoms with Crippen molar-refractivity contribution in [3.63, 3.8) is 0 Å². The van der Waals surface area contributed by atoms with Gasteiger partial charge >= 0.3 is 5.69 Å². The maximum absolute atomic E-state index is 14.0. The first kappa shape index (κ1) is 17.2. The zero-order valence-electron chi connectivity index (χ0n) is 15.6. The number of carbonyl (C=O) groups excluding carboxylic acids is 1. The molecule has 0 amide bonds. The lowest BCUT2D eigenvalue weighted by Gasteiger charge is -2.14. The molecule has 0 N–H and O–H groups in total. The number of fused-ring (bicyclic) bond motifs is 4. The van der Waals surface area contributed by atoms with Gasteiger partial charge in [0.25, 0.3) is 5.56 Å². The van der Waals surface area contributed by atoms with E-state index < -0.39 is 17.1 Å². The summed E-state index contributed by atoms with van der Waals surface area (Å²) in [7, 11) is 2.88. The molecule has 4 aromatic rings. The Hall–Kier alpha value is -3.87. The first-order valence-electron chi connectivity index (χ1n) is 8.94. The lowest BCUT2D eigenvalue weighted by molar-refractivity contribution is 0.104. The van der Waals surface area contributed by atoms with Gasteiger partial charge < -0.3 is 0 Å². The Balaban J connectivity index is 2.09. The van der Waals surface area contributed by atoms with E-state index >= 15 is 0 Å². The summed E-state index contributed by atoms with van der Waals surface area (Å²) < 4.78 is 16.3. The van der Waals surface area contributed by atoms with Crippen molar-refractivity contribution in [1.29, 1.82) is 0 Å². The highest BCUT2D eigenvalue weighted by atomic mass is 19.1. The van der Waals surface area contributed by atoms with Crippen molar-refractivity contribution in [2.45, 2.75) is 0 Å². The van der Waals surface area contributed by atoms with Gasteiger partial charge in [0.1, 0.15) is 5.82 Å². The van der Waals surface area contributed by atoms with Gasteiger partial charge in [-0.3, -0.25) is 18.7 Å². The highest BCUT2D eigenvalue weighted by molar-refractivity contribution is 6.26. The molecule has 0 atom stereocenters. The van der Waals surface area contributed by atoms with Crippen molar-refractivity contribution >= 4 is 16.8 Å². The van der Waals surface area contributed by atoms with Gasteiger partial charge in [-0.15, -0.1) is 0 Å². The third kappa shape index (κ3) is 2.21. The summed E-state index contributed by atoms with van der Waals surface area (Å²) in [6.07, 6.45) is 0. The van der Waals surface area contributed by atoms with Crippen molar-refractivity contribution in [2.75, 3.05) is 0 Å². The second-order valence-corrected chi connectivity index (χ2v) is 7.00. The standard InChI is InChI=1S/C22H14FN3O3/c1-25-20-17(21(28)26(2)22(25)29)15(11-6-5-7-12(23)10-11)16-18(24-20)13-8-3-4-9-14(13)19(16)27/h3-10H,1-2H3. The highest BCUT2D eigenvalue weighted by Gasteiger charge is 2.34. The number of ketones is 1. The minimum Gasteiger partial charge on any atom is -0.288 e. The molecule has 1 aliphatic rings. The van der Waals surface area contributed by atoms with Crippen molar-refractivity contribution in [2.24, 2.45) is 14.1 Å². The number of aromatic nitrogens is 3. The number of nitrogens with zero attached hydrogens (tertiary/aromatic N) is 3. The van der Waals surface area contributed by atoms with Gasteiger partial charge in [-0.2, -0.15) is 0 Å². The van der Waals surface area contributed by atoms with E-state index in [1.807, 2.05) is 0 Å². The van der Waals surface area contributed by atoms with Crippen LogP contribution in [0.3, 0.4) is 0 Å². The highest BCUT2D eigenvalue weighted by Crippen LogP contribution is 2.42. The molecule has 2 heterocycles. The molecule has 0 fully saturated rings. The van der Waals surface area contributed by atoms with Crippen LogP contribution in [0.25, 0.3) is 33.4 Å². The smallest absolute Gasteiger partial charge is 0.288 e. The predicted octanol–water partition coefficient (Wildman–Crippen LogP) is 2.65. The van der Waals surface area contributed by atoms with Crippen LogP contribution in [0.1, 0.15) is 15.9 Å². The van der Waals surface area contributed by atoms with E-state index in [-0.39, 0.29) is 22.4 Å². The normalized spacial score (nSPS) is 12.3. The third-order valence-corrected chi connectivity index (χ3v) is 5.36. The fraction of sp³-hybridized carbons (Fsp3) is 0.0909. The van der Waals surface area contributed by atoms with Crippen molar-refractivity contribution < 1.29 is 9.18 Å². The van der Waals surface area contributed by atoms with Gasteiger partial charge in [0.2, 0.25) is 0 Å². The lowest BCUT2D eigenvalue weighted by atomic mass is 9.95. The molecule has 0 radical (unpaired) electrons. The van der Waals surface area contributed by atoms with Crippen LogP contribution in [0, 0.1) is 5.82 Å². The summed E-state index contributed by atoms with van der Waals surface area (Å²) in [5, 5.41) is 0.111. The summed E-state index contributed by atoms with van der Waals surface area (Å²) in [5.74, 6) is -0.772. The van der Waals surface area contributed by atoms with Gasteiger partial charge in [0.05, 0.1) is 16.6 Å². The van der Waals surface area contributed by atoms with Gasteiger partial charge in [0, 0.05) is 30.8 Å². The number of pyridine rings is 1. The number of carbonyl (C=O) groups is 1. The van der Waals surface area contributed by atoms with Gasteiger partial charge in [0.15, 0.2) is 11.4 Å². The average molecular weight is 387 g/mol. The van der Waals surface area contributed by atoms with Crippen molar-refractivity contribution in [3.05, 3.63) is 86.3 Å². The third-order valence-electron chi connectivity index (χ3n) is 5.36. The Morgan fingerprint density at radius 3 is 2.31 bits per heavy atom. The van der Waals surface area contributed by atoms with Crippen LogP contribution in [0.15, 0.2) is 58.1 Å². The van der Waals surface area contributed by atoms with Crippen LogP contribution in [-0.2, 0) is 14.1 Å². The average Bonchev–Trinajstić information content (AvgIpc) is 3.01. The van der Waals surface area contributed by atoms with Crippen LogP contribution >= 0.6 is 0 Å². The Morgan fingerprint density at radius 2 is 1.59 bits per heavy atom. The van der Waals surface area contributed by atoms with Gasteiger partial charge in [-0.05, 0) is 17.7 Å². The topological polar surface area (TPSA) is 74.0 Å². The van der Waals surface area contributed by atoms with E-state index in [2.05, 4.69) is 4.98 Å². The summed E-state index contributed by atoms with van der Waals surface area (Å²) in [5.41, 5.74) is 1.44. The maximum Gasteiger partial charge on any atom is 0.332 e. The molecule has 1 aliphatic carbocycles. The summed E-state index contributed by atoms with van der Waals surface area (Å²) in [6, 6.07) is 12.7. The van der Waals surface area contributed by atoms with Crippen LogP contribution in [0.2, 0.25) is 0 Å². The fourth-order valence-corrected chi connectivity index (χ4v) is 3.96. The summed E-state index contributed by atoms with van der Waals surface area (Å²) in [6.45, 7) is 0. The minimum absolute atomic E-state index is 0.111. The SMILES string of the molecule is Cn1c(=O)c2c(-c3cccc(F)c3)c3c(nc2n(C)c1=O)-c1ccccc1C3=O. The first-order valence-corrected chi connectivity index (χ1v) is 8.94. The van der Waals surface area contributed by atoms with Crippen molar-refractivity contribution in [1.82, 2.24) is 14.1 Å². The number of hydrogen-bond acceptors (Lipinski definition) is 4. The monoisotopic (exact) mass is 387 g/mol. The van der Waals surface area contributed by atoms with Gasteiger partial charge in [-0.1, -0.05) is 36.4 Å². The second kappa shape index (κ2) is 5.81. The molecular formula is C22H14FN3O3. The molecule has 0 spiro atoms. The number of benzene rings is 2. The molecule has 0 aliphatic heterocycles. The number of rotatable bonds is 1. The van der Waals surface area contributed by atoms with E-state index in [1.54, 1.807) is 30.3 Å². The Morgan fingerprint density at radius 1 is 0.862 bits per heavy atom. The predicted molar refractivity (Wildman–Crippen MR) is 106 cm³/mol. The Kier molecular flexibility index (Phi) is 3.46. The van der Waals surface area contributed by atoms with E-state index in [4.69, 9.17) is 0 Å². The molecule has 142 valence electrons. The molecule has 0 saturated heterocycles. The zero-order valence-corrected chi connectivity index (χ0v) is 15.6. The molecule has 2 aromatic carbocycles. The van der Waals surface area contributed by atoms with Crippen LogP contribution in [-0.4, -0.2) is 19.9 Å². The largest absolute Gasteiger partial charge is 0.332 e. The van der Waals surface area contributed by atoms with Crippen LogP contribution in [0.4, 0.5) is 4.39 Å². The fourth-order valence-electron chi connectivity index (χ4n) is 3.96. The quantitative estimate of drug-likeness (QED) is 0.443. The van der Waals surface area contributed by atoms with E-state index in [0.717, 1.165) is 4.57 Å². The van der Waals surface area contributed by atoms with Crippen LogP contribution in [0.5, 0.6) is 0 Å². The summed E-state index contributed by atoms with van der Waals surface area (Å²) in [4.78, 5) is 43.3. The molecular weight excluding hydrogens is 373 g/mol. The molecule has 0 saturated carbocycles. The van der Waals surface area contributed by atoms with Crippen LogP contribution < -0.4 is 11.2 Å². The molecule has 6 nitrogen and oxygen atoms in total. The zero-order chi connectivity index (χ0) is 20.4. The van der Waals surface area contributed by atoms with E-state index in [0.29, 0.717) is 27.9 Å². The molecule has 29 heavy (non-hydrogen) atoms. The number of hydrogen-bond donors (Lipinski definition) is 0. The minimum atomic E-state index is -0.582. The molecule has 0 bridgehead atoms. The summed E-state index contributed by atoms with van der Waals surface area (Å²) >= 11 is 0. The number of halogens is 1. The van der Waals surface area contributed by atoms with E-state index in [9.17, 15) is 18.8 Å². The second-order valence-electron chi connectivity index (χ2n) is 7.00. The molecule has 5 rings (SSSR count). The number of aryl methyl sites for hydroxylation is 1. The lowest BCUT2D eigenvalue weighted by Crippen LogP contribution is -2.37. The molecule has 0 unspecified atom stereocenters. The Bertz CT molecular complexity index is 1500. The first-order chi connectivity index (χ1) is 13.9. The molecule has 2 aromatic heterocycles. The maximum atomic E-state index is 14.0. The van der Waals surface area contributed by atoms with Crippen molar-refractivity contribution in [3.8, 4) is 22.4 Å². The molecule has 7 heteroatoms. The Labute approximate surface area is 163 Å². The van der Waals surface area contributed by atoms with E-state index in [1.165, 1.54) is 36.9 Å². The van der Waals surface area contributed by atoms with Gasteiger partial charge in [-0.25, -0.2) is 14.2 Å².